The quantitative estimate of drug-likeness (QED) is 0.878. The predicted octanol–water partition coefficient (Wildman–Crippen LogP) is 2.67. The van der Waals surface area contributed by atoms with Crippen LogP contribution >= 0.6 is 0 Å². The summed E-state index contributed by atoms with van der Waals surface area (Å²) in [5.41, 5.74) is 0.107. The van der Waals surface area contributed by atoms with Gasteiger partial charge < -0.3 is 15.4 Å². The van der Waals surface area contributed by atoms with Crippen molar-refractivity contribution in [1.29, 1.82) is 0 Å². The van der Waals surface area contributed by atoms with Gasteiger partial charge in [0, 0.05) is 11.8 Å². The van der Waals surface area contributed by atoms with E-state index >= 15 is 0 Å². The van der Waals surface area contributed by atoms with Crippen molar-refractivity contribution >= 4 is 17.7 Å². The van der Waals surface area contributed by atoms with E-state index in [1.165, 1.54) is 6.07 Å². The molecule has 0 saturated carbocycles. The molecule has 21 heavy (non-hydrogen) atoms. The fourth-order valence-corrected chi connectivity index (χ4v) is 1.63. The topological polar surface area (TPSA) is 67.4 Å². The SMILES string of the molecule is CCOC(=O)NC(C(=O)Nc1ccc(F)c(F)c1)C(C)C. The molecule has 0 spiro atoms. The van der Waals surface area contributed by atoms with Gasteiger partial charge in [-0.05, 0) is 25.0 Å². The van der Waals surface area contributed by atoms with Crippen molar-refractivity contribution in [2.45, 2.75) is 26.8 Å². The molecule has 116 valence electrons. The molecule has 1 aromatic carbocycles. The van der Waals surface area contributed by atoms with Crippen molar-refractivity contribution < 1.29 is 23.1 Å². The second-order valence-electron chi connectivity index (χ2n) is 4.70. The number of rotatable bonds is 5. The maximum Gasteiger partial charge on any atom is 0.407 e. The summed E-state index contributed by atoms with van der Waals surface area (Å²) in [4.78, 5) is 23.5. The highest BCUT2D eigenvalue weighted by Crippen LogP contribution is 2.14. The van der Waals surface area contributed by atoms with Gasteiger partial charge >= 0.3 is 6.09 Å². The van der Waals surface area contributed by atoms with Crippen molar-refractivity contribution in [3.63, 3.8) is 0 Å². The van der Waals surface area contributed by atoms with E-state index in [1.54, 1.807) is 20.8 Å². The Labute approximate surface area is 121 Å². The molecule has 2 N–H and O–H groups in total. The summed E-state index contributed by atoms with van der Waals surface area (Å²) in [6.45, 7) is 5.30. The number of hydrogen-bond donors (Lipinski definition) is 2. The monoisotopic (exact) mass is 300 g/mol. The molecule has 0 aromatic heterocycles. The molecule has 1 rings (SSSR count). The minimum Gasteiger partial charge on any atom is -0.450 e. The lowest BCUT2D eigenvalue weighted by atomic mass is 10.0. The van der Waals surface area contributed by atoms with Crippen LogP contribution in [-0.4, -0.2) is 24.6 Å². The van der Waals surface area contributed by atoms with Crippen LogP contribution in [0.1, 0.15) is 20.8 Å². The molecule has 1 atom stereocenters. The molecule has 5 nitrogen and oxygen atoms in total. The molecular formula is C14H18F2N2O3. The summed E-state index contributed by atoms with van der Waals surface area (Å²) in [6.07, 6.45) is -0.711. The molecular weight excluding hydrogens is 282 g/mol. The Morgan fingerprint density at radius 2 is 1.90 bits per heavy atom. The maximum atomic E-state index is 13.1. The van der Waals surface area contributed by atoms with Gasteiger partial charge in [0.2, 0.25) is 5.91 Å². The van der Waals surface area contributed by atoms with Crippen LogP contribution in [-0.2, 0) is 9.53 Å². The molecule has 2 amide bonds. The Hall–Kier alpha value is -2.18. The first-order valence-electron chi connectivity index (χ1n) is 6.54. The lowest BCUT2D eigenvalue weighted by Gasteiger charge is -2.21. The highest BCUT2D eigenvalue weighted by molar-refractivity contribution is 5.96. The molecule has 0 radical (unpaired) electrons. The molecule has 0 saturated heterocycles. The van der Waals surface area contributed by atoms with Crippen molar-refractivity contribution in [1.82, 2.24) is 5.32 Å². The lowest BCUT2D eigenvalue weighted by molar-refractivity contribution is -0.119. The van der Waals surface area contributed by atoms with Gasteiger partial charge in [-0.25, -0.2) is 13.6 Å². The average molecular weight is 300 g/mol. The summed E-state index contributed by atoms with van der Waals surface area (Å²) in [5.74, 6) is -2.81. The van der Waals surface area contributed by atoms with Gasteiger partial charge in [-0.15, -0.1) is 0 Å². The van der Waals surface area contributed by atoms with Gasteiger partial charge in [0.1, 0.15) is 6.04 Å². The van der Waals surface area contributed by atoms with Crippen LogP contribution < -0.4 is 10.6 Å². The minimum absolute atomic E-state index is 0.107. The highest BCUT2D eigenvalue weighted by atomic mass is 19.2. The van der Waals surface area contributed by atoms with Crippen molar-refractivity contribution in [2.24, 2.45) is 5.92 Å². The Balaban J connectivity index is 2.76. The molecule has 0 aliphatic carbocycles. The molecule has 1 aromatic rings. The van der Waals surface area contributed by atoms with Crippen LogP contribution in [0.2, 0.25) is 0 Å². The number of alkyl carbamates (subject to hydrolysis) is 1. The Morgan fingerprint density at radius 1 is 1.24 bits per heavy atom. The minimum atomic E-state index is -1.06. The largest absolute Gasteiger partial charge is 0.450 e. The van der Waals surface area contributed by atoms with Crippen LogP contribution in [0.25, 0.3) is 0 Å². The summed E-state index contributed by atoms with van der Waals surface area (Å²) in [5, 5.41) is 4.85. The summed E-state index contributed by atoms with van der Waals surface area (Å²) < 4.78 is 30.6. The van der Waals surface area contributed by atoms with Crippen LogP contribution in [0, 0.1) is 17.6 Å². The molecule has 1 unspecified atom stereocenters. The van der Waals surface area contributed by atoms with Crippen LogP contribution in [0.15, 0.2) is 18.2 Å². The molecule has 0 bridgehead atoms. The van der Waals surface area contributed by atoms with Crippen LogP contribution in [0.5, 0.6) is 0 Å². The smallest absolute Gasteiger partial charge is 0.407 e. The number of ether oxygens (including phenoxy) is 1. The van der Waals surface area contributed by atoms with E-state index in [1.807, 2.05) is 0 Å². The molecule has 0 aliphatic heterocycles. The van der Waals surface area contributed by atoms with Gasteiger partial charge in [0.25, 0.3) is 0 Å². The van der Waals surface area contributed by atoms with E-state index in [4.69, 9.17) is 4.74 Å². The fraction of sp³-hybridized carbons (Fsp3) is 0.429. The normalized spacial score (nSPS) is 11.9. The third kappa shape index (κ3) is 5.02. The van der Waals surface area contributed by atoms with E-state index in [2.05, 4.69) is 10.6 Å². The van der Waals surface area contributed by atoms with E-state index < -0.39 is 29.7 Å². The first-order chi connectivity index (χ1) is 9.85. The number of carbonyl (C=O) groups excluding carboxylic acids is 2. The summed E-state index contributed by atoms with van der Waals surface area (Å²) in [7, 11) is 0. The van der Waals surface area contributed by atoms with Gasteiger partial charge in [-0.2, -0.15) is 0 Å². The van der Waals surface area contributed by atoms with E-state index in [9.17, 15) is 18.4 Å². The van der Waals surface area contributed by atoms with Crippen LogP contribution in [0.3, 0.4) is 0 Å². The zero-order valence-electron chi connectivity index (χ0n) is 12.1. The number of halogens is 2. The van der Waals surface area contributed by atoms with Gasteiger partial charge in [0.05, 0.1) is 6.61 Å². The molecule has 0 heterocycles. The second-order valence-corrected chi connectivity index (χ2v) is 4.70. The number of amides is 2. The first-order valence-corrected chi connectivity index (χ1v) is 6.54. The molecule has 7 heteroatoms. The van der Waals surface area contributed by atoms with E-state index in [0.717, 1.165) is 12.1 Å². The number of carbonyl (C=O) groups is 2. The number of hydrogen-bond acceptors (Lipinski definition) is 3. The molecule has 0 aliphatic rings. The summed E-state index contributed by atoms with van der Waals surface area (Å²) in [6, 6.07) is 2.17. The van der Waals surface area contributed by atoms with Crippen LogP contribution in [0.4, 0.5) is 19.3 Å². The van der Waals surface area contributed by atoms with Crippen molar-refractivity contribution in [2.75, 3.05) is 11.9 Å². The fourth-order valence-electron chi connectivity index (χ4n) is 1.63. The van der Waals surface area contributed by atoms with Crippen molar-refractivity contribution in [3.05, 3.63) is 29.8 Å². The van der Waals surface area contributed by atoms with Gasteiger partial charge in [-0.1, -0.05) is 13.8 Å². The Morgan fingerprint density at radius 3 is 2.43 bits per heavy atom. The number of benzene rings is 1. The Kier molecular flexibility index (Phi) is 6.08. The summed E-state index contributed by atoms with van der Waals surface area (Å²) >= 11 is 0. The van der Waals surface area contributed by atoms with Gasteiger partial charge in [-0.3, -0.25) is 4.79 Å². The third-order valence-electron chi connectivity index (χ3n) is 2.69. The highest BCUT2D eigenvalue weighted by Gasteiger charge is 2.25. The second kappa shape index (κ2) is 7.56. The number of nitrogens with one attached hydrogen (secondary N) is 2. The standard InChI is InChI=1S/C14H18F2N2O3/c1-4-21-14(20)18-12(8(2)3)13(19)17-9-5-6-10(15)11(16)7-9/h5-8,12H,4H2,1-3H3,(H,17,19)(H,18,20). The zero-order valence-corrected chi connectivity index (χ0v) is 12.1. The van der Waals surface area contributed by atoms with Gasteiger partial charge in [0.15, 0.2) is 11.6 Å². The zero-order chi connectivity index (χ0) is 16.0. The van der Waals surface area contributed by atoms with Crippen molar-refractivity contribution in [3.8, 4) is 0 Å². The van der Waals surface area contributed by atoms with E-state index in [-0.39, 0.29) is 18.2 Å². The number of anilines is 1. The maximum absolute atomic E-state index is 13.1. The average Bonchev–Trinajstić information content (AvgIpc) is 2.40. The lowest BCUT2D eigenvalue weighted by Crippen LogP contribution is -2.47. The third-order valence-corrected chi connectivity index (χ3v) is 2.69. The predicted molar refractivity (Wildman–Crippen MR) is 73.8 cm³/mol. The Bertz CT molecular complexity index is 521. The van der Waals surface area contributed by atoms with E-state index in [0.29, 0.717) is 0 Å². The molecule has 0 fully saturated rings. The first kappa shape index (κ1) is 16.9.